The van der Waals surface area contributed by atoms with E-state index in [0.29, 0.717) is 12.0 Å². The van der Waals surface area contributed by atoms with Crippen molar-refractivity contribution in [2.24, 2.45) is 11.7 Å². The summed E-state index contributed by atoms with van der Waals surface area (Å²) in [6.07, 6.45) is 1.16. The maximum absolute atomic E-state index is 5.30. The molecule has 1 aliphatic rings. The second-order valence-electron chi connectivity index (χ2n) is 2.00. The van der Waals surface area contributed by atoms with Crippen LogP contribution in [0.3, 0.4) is 0 Å². The van der Waals surface area contributed by atoms with E-state index in [0.717, 1.165) is 13.0 Å². The highest BCUT2D eigenvalue weighted by atomic mass is 14.9. The Morgan fingerprint density at radius 2 is 2.57 bits per heavy atom. The molecule has 3 heteroatoms. The molecule has 2 nitrogen and oxygen atoms in total. The molecular weight excluding hydrogens is 86.9 g/mol. The van der Waals surface area contributed by atoms with Crippen LogP contribution in [-0.2, 0) is 0 Å². The molecule has 0 bridgehead atoms. The summed E-state index contributed by atoms with van der Waals surface area (Å²) in [5.74, 6) is 0.657. The Labute approximate surface area is 44.9 Å². The van der Waals surface area contributed by atoms with Crippen LogP contribution in [0, 0.1) is 5.92 Å². The molecule has 0 spiro atoms. The lowest BCUT2D eigenvalue weighted by atomic mass is 10.3. The number of hydrogen-bond donors (Lipinski definition) is 2. The number of nitrogens with two attached hydrogens (primary N) is 1. The summed E-state index contributed by atoms with van der Waals surface area (Å²) in [6, 6.07) is 0.519. The predicted molar refractivity (Wildman–Crippen MR) is 29.8 cm³/mol. The van der Waals surface area contributed by atoms with Crippen LogP contribution in [-0.4, -0.2) is 20.6 Å². The first-order valence-corrected chi connectivity index (χ1v) is 2.54. The first-order chi connectivity index (χ1) is 3.38. The van der Waals surface area contributed by atoms with E-state index in [4.69, 9.17) is 13.7 Å². The zero-order chi connectivity index (χ0) is 5.28. The van der Waals surface area contributed by atoms with Crippen molar-refractivity contribution in [3.63, 3.8) is 0 Å². The van der Waals surface area contributed by atoms with E-state index in [2.05, 4.69) is 5.23 Å². The van der Waals surface area contributed by atoms with Crippen LogP contribution in [0.15, 0.2) is 0 Å². The largest absolute Gasteiger partial charge is 0.363 e. The van der Waals surface area contributed by atoms with Gasteiger partial charge in [-0.15, -0.1) is 0 Å². The quantitative estimate of drug-likeness (QED) is 0.433. The third-order valence-corrected chi connectivity index (χ3v) is 1.44. The van der Waals surface area contributed by atoms with Crippen LogP contribution in [0.1, 0.15) is 6.42 Å². The van der Waals surface area contributed by atoms with E-state index < -0.39 is 0 Å². The highest BCUT2D eigenvalue weighted by Gasteiger charge is 2.33. The summed E-state index contributed by atoms with van der Waals surface area (Å²) in [4.78, 5) is 0. The zero-order valence-corrected chi connectivity index (χ0v) is 4.22. The van der Waals surface area contributed by atoms with Crippen LogP contribution in [0.4, 0.5) is 0 Å². The van der Waals surface area contributed by atoms with Gasteiger partial charge < -0.3 is 11.0 Å². The van der Waals surface area contributed by atoms with Gasteiger partial charge in [0.15, 0.2) is 7.98 Å². The molecule has 0 aromatic rings. The maximum atomic E-state index is 5.30. The Balaban J connectivity index is 2.06. The highest BCUT2D eigenvalue weighted by Crippen LogP contribution is 2.27. The average Bonchev–Trinajstić information content (AvgIpc) is 2.43. The Kier molecular flexibility index (Phi) is 1.35. The second kappa shape index (κ2) is 1.84. The van der Waals surface area contributed by atoms with Crippen LogP contribution in [0.25, 0.3) is 0 Å². The number of nitrogens with one attached hydrogen (secondary N) is 1. The minimum Gasteiger partial charge on any atom is -0.363 e. The lowest BCUT2D eigenvalue weighted by molar-refractivity contribution is 0.771. The molecule has 7 heavy (non-hydrogen) atoms. The Hall–Kier alpha value is -0.0151. The molecule has 2 unspecified atom stereocenters. The van der Waals surface area contributed by atoms with Gasteiger partial charge >= 0.3 is 0 Å². The number of hydrogen-bond acceptors (Lipinski definition) is 2. The number of rotatable bonds is 2. The van der Waals surface area contributed by atoms with Gasteiger partial charge in [0.25, 0.3) is 0 Å². The van der Waals surface area contributed by atoms with E-state index in [1.165, 1.54) is 0 Å². The summed E-state index contributed by atoms with van der Waals surface area (Å²) in [7, 11) is 5.09. The Bertz CT molecular complexity index is 58.7. The lowest BCUT2D eigenvalue weighted by Gasteiger charge is -1.89. The van der Waals surface area contributed by atoms with Crippen molar-refractivity contribution in [3.8, 4) is 0 Å². The molecule has 3 N–H and O–H groups in total. The van der Waals surface area contributed by atoms with Gasteiger partial charge in [0.1, 0.15) is 0 Å². The molecule has 0 saturated heterocycles. The summed E-state index contributed by atoms with van der Waals surface area (Å²) in [5.41, 5.74) is 5.30. The topological polar surface area (TPSA) is 38.0 Å². The van der Waals surface area contributed by atoms with E-state index in [1.54, 1.807) is 0 Å². The van der Waals surface area contributed by atoms with Crippen molar-refractivity contribution in [1.82, 2.24) is 5.23 Å². The minimum absolute atomic E-state index is 0.519. The van der Waals surface area contributed by atoms with Gasteiger partial charge in [0.2, 0.25) is 0 Å². The monoisotopic (exact) mass is 96.1 g/mol. The third-order valence-electron chi connectivity index (χ3n) is 1.44. The van der Waals surface area contributed by atoms with Gasteiger partial charge in [-0.1, -0.05) is 0 Å². The molecule has 2 radical (unpaired) electrons. The van der Waals surface area contributed by atoms with Gasteiger partial charge in [-0.05, 0) is 18.9 Å². The molecule has 0 amide bonds. The molecule has 38 valence electrons. The van der Waals surface area contributed by atoms with E-state index in [1.807, 2.05) is 0 Å². The molecule has 0 aliphatic heterocycles. The van der Waals surface area contributed by atoms with Gasteiger partial charge in [-0.2, -0.15) is 0 Å². The molecule has 0 aromatic heterocycles. The molecule has 1 aliphatic carbocycles. The Morgan fingerprint density at radius 1 is 1.86 bits per heavy atom. The summed E-state index contributed by atoms with van der Waals surface area (Å²) in [6.45, 7) is 0.773. The van der Waals surface area contributed by atoms with E-state index in [-0.39, 0.29) is 0 Å². The third kappa shape index (κ3) is 0.953. The van der Waals surface area contributed by atoms with Gasteiger partial charge in [-0.3, -0.25) is 0 Å². The van der Waals surface area contributed by atoms with Crippen LogP contribution in [0.2, 0.25) is 0 Å². The lowest BCUT2D eigenvalue weighted by Crippen LogP contribution is -2.16. The Morgan fingerprint density at radius 3 is 2.71 bits per heavy atom. The van der Waals surface area contributed by atoms with Crippen molar-refractivity contribution >= 4 is 7.98 Å². The maximum Gasteiger partial charge on any atom is 0.178 e. The average molecular weight is 95.9 g/mol. The molecule has 0 heterocycles. The van der Waals surface area contributed by atoms with Gasteiger partial charge in [-0.25, -0.2) is 0 Å². The van der Waals surface area contributed by atoms with Crippen LogP contribution in [0.5, 0.6) is 0 Å². The molecule has 2 atom stereocenters. The summed E-state index contributed by atoms with van der Waals surface area (Å²) >= 11 is 0. The first-order valence-electron chi connectivity index (χ1n) is 2.54. The van der Waals surface area contributed by atoms with E-state index in [9.17, 15) is 0 Å². The first kappa shape index (κ1) is 5.13. The second-order valence-corrected chi connectivity index (χ2v) is 2.00. The van der Waals surface area contributed by atoms with Crippen molar-refractivity contribution in [3.05, 3.63) is 0 Å². The SMILES string of the molecule is [B]NC1CC1CN. The molecule has 0 aromatic carbocycles. The van der Waals surface area contributed by atoms with Gasteiger partial charge in [0.05, 0.1) is 0 Å². The predicted octanol–water partition coefficient (Wildman–Crippen LogP) is -0.993. The minimum atomic E-state index is 0.519. The fourth-order valence-corrected chi connectivity index (χ4v) is 0.712. The summed E-state index contributed by atoms with van der Waals surface area (Å²) in [5, 5.41) is 2.66. The van der Waals surface area contributed by atoms with Crippen molar-refractivity contribution < 1.29 is 0 Å². The molecule has 1 fully saturated rings. The van der Waals surface area contributed by atoms with Crippen LogP contribution >= 0.6 is 0 Å². The van der Waals surface area contributed by atoms with Crippen molar-refractivity contribution in [1.29, 1.82) is 0 Å². The highest BCUT2D eigenvalue weighted by molar-refractivity contribution is 6.04. The summed E-state index contributed by atoms with van der Waals surface area (Å²) < 4.78 is 0. The normalized spacial score (nSPS) is 38.4. The molecular formula is C4H9BN2. The fraction of sp³-hybridized carbons (Fsp3) is 1.00. The smallest absolute Gasteiger partial charge is 0.178 e. The van der Waals surface area contributed by atoms with Crippen molar-refractivity contribution in [2.75, 3.05) is 6.54 Å². The zero-order valence-electron chi connectivity index (χ0n) is 4.22. The van der Waals surface area contributed by atoms with Crippen molar-refractivity contribution in [2.45, 2.75) is 12.5 Å². The fourth-order valence-electron chi connectivity index (χ4n) is 0.712. The van der Waals surface area contributed by atoms with E-state index >= 15 is 0 Å². The molecule has 1 saturated carbocycles. The van der Waals surface area contributed by atoms with Gasteiger partial charge in [0, 0.05) is 6.04 Å². The van der Waals surface area contributed by atoms with Crippen LogP contribution < -0.4 is 11.0 Å². The molecule has 1 rings (SSSR count). The standard InChI is InChI=1S/C4H9BN2/c5-7-4-1-3(4)2-6/h3-4,7H,1-2,6H2.